The second-order valence-electron chi connectivity index (χ2n) is 3.07. The van der Waals surface area contributed by atoms with Gasteiger partial charge in [-0.25, -0.2) is 0 Å². The first kappa shape index (κ1) is 8.18. The van der Waals surface area contributed by atoms with Gasteiger partial charge in [0.25, 0.3) is 0 Å². The van der Waals surface area contributed by atoms with Crippen LogP contribution in [-0.2, 0) is 0 Å². The van der Waals surface area contributed by atoms with Crippen LogP contribution in [-0.4, -0.2) is 5.75 Å². The highest BCUT2D eigenvalue weighted by atomic mass is 32.2. The summed E-state index contributed by atoms with van der Waals surface area (Å²) >= 11 is 1.85. The Morgan fingerprint density at radius 3 is 2.75 bits per heavy atom. The van der Waals surface area contributed by atoms with Gasteiger partial charge in [0.05, 0.1) is 5.75 Å². The Hall–Kier alpha value is -0.430. The normalized spacial score (nSPS) is 23.8. The topological polar surface area (TPSA) is 0 Å². The molecule has 0 spiro atoms. The quantitative estimate of drug-likeness (QED) is 0.632. The van der Waals surface area contributed by atoms with Gasteiger partial charge >= 0.3 is 0 Å². The van der Waals surface area contributed by atoms with Crippen LogP contribution in [0.2, 0.25) is 0 Å². The molecular weight excluding hydrogens is 164 g/mol. The minimum atomic E-state index is 0.574. The molecule has 1 unspecified atom stereocenters. The van der Waals surface area contributed by atoms with E-state index in [2.05, 4.69) is 36.1 Å². The van der Waals surface area contributed by atoms with Gasteiger partial charge in [-0.15, -0.1) is 0 Å². The Labute approximate surface area is 78.4 Å². The average molecular weight is 176 g/mol. The summed E-state index contributed by atoms with van der Waals surface area (Å²) in [5, 5.41) is 0. The maximum atomic E-state index is 3.45. The Morgan fingerprint density at radius 2 is 2.08 bits per heavy atom. The van der Waals surface area contributed by atoms with Gasteiger partial charge in [-0.2, -0.15) is 11.8 Å². The van der Waals surface area contributed by atoms with Gasteiger partial charge < -0.3 is 0 Å². The van der Waals surface area contributed by atoms with Crippen molar-refractivity contribution in [2.45, 2.75) is 18.8 Å². The van der Waals surface area contributed by atoms with E-state index in [0.29, 0.717) is 5.92 Å². The fraction of sp³-hybridized carbons (Fsp3) is 0.364. The molecule has 1 atom stereocenters. The second-order valence-corrected chi connectivity index (χ2v) is 4.00. The molecule has 0 saturated carbocycles. The maximum Gasteiger partial charge on any atom is 0.0561 e. The van der Waals surface area contributed by atoms with E-state index >= 15 is 0 Å². The minimum Gasteiger partial charge on any atom is -0.151 e. The highest BCUT2D eigenvalue weighted by molar-refractivity contribution is 8.01. The van der Waals surface area contributed by atoms with Gasteiger partial charge in [0.1, 0.15) is 0 Å². The number of thioether (sulfide) groups is 1. The van der Waals surface area contributed by atoms with Crippen molar-refractivity contribution < 1.29 is 0 Å². The molecule has 0 nitrogen and oxygen atoms in total. The molecule has 1 heterocycles. The van der Waals surface area contributed by atoms with E-state index in [1.165, 1.54) is 24.2 Å². The van der Waals surface area contributed by atoms with E-state index in [9.17, 15) is 0 Å². The third kappa shape index (κ3) is 1.84. The Morgan fingerprint density at radius 1 is 1.25 bits per heavy atom. The SMILES string of the molecule is [C]1SCCCC1c1ccccc1. The lowest BCUT2D eigenvalue weighted by Crippen LogP contribution is -2.03. The van der Waals surface area contributed by atoms with Crippen LogP contribution in [0.15, 0.2) is 30.3 Å². The molecule has 0 aliphatic carbocycles. The molecule has 2 rings (SSSR count). The molecule has 1 saturated heterocycles. The lowest BCUT2D eigenvalue weighted by molar-refractivity contribution is 0.697. The van der Waals surface area contributed by atoms with Crippen LogP contribution in [0.25, 0.3) is 0 Å². The van der Waals surface area contributed by atoms with Gasteiger partial charge in [-0.3, -0.25) is 0 Å². The number of hydrogen-bond donors (Lipinski definition) is 0. The molecule has 2 radical (unpaired) electrons. The van der Waals surface area contributed by atoms with Crippen molar-refractivity contribution in [1.82, 2.24) is 0 Å². The van der Waals surface area contributed by atoms with Gasteiger partial charge in [0.15, 0.2) is 0 Å². The Kier molecular flexibility index (Phi) is 2.72. The molecule has 1 fully saturated rings. The summed E-state index contributed by atoms with van der Waals surface area (Å²) in [7, 11) is 0. The van der Waals surface area contributed by atoms with Gasteiger partial charge in [0, 0.05) is 5.92 Å². The van der Waals surface area contributed by atoms with Crippen LogP contribution in [0.3, 0.4) is 0 Å². The number of hydrogen-bond acceptors (Lipinski definition) is 1. The van der Waals surface area contributed by atoms with Crippen LogP contribution in [0, 0.1) is 5.75 Å². The summed E-state index contributed by atoms with van der Waals surface area (Å²) in [6.45, 7) is 0. The first-order valence-corrected chi connectivity index (χ1v) is 5.37. The zero-order valence-corrected chi connectivity index (χ0v) is 7.81. The van der Waals surface area contributed by atoms with E-state index in [1.807, 2.05) is 11.8 Å². The van der Waals surface area contributed by atoms with Crippen LogP contribution in [0.1, 0.15) is 24.3 Å². The number of rotatable bonds is 1. The molecule has 0 N–H and O–H groups in total. The maximum absolute atomic E-state index is 3.45. The zero-order chi connectivity index (χ0) is 8.23. The van der Waals surface area contributed by atoms with Crippen molar-refractivity contribution in [3.05, 3.63) is 41.6 Å². The lowest BCUT2D eigenvalue weighted by Gasteiger charge is -2.20. The summed E-state index contributed by atoms with van der Waals surface area (Å²) in [6, 6.07) is 10.7. The van der Waals surface area contributed by atoms with Gasteiger partial charge in [-0.1, -0.05) is 30.3 Å². The number of benzene rings is 1. The van der Waals surface area contributed by atoms with E-state index < -0.39 is 0 Å². The molecule has 1 aliphatic heterocycles. The molecule has 62 valence electrons. The molecule has 1 aromatic rings. The fourth-order valence-corrected chi connectivity index (χ4v) is 2.38. The molecule has 1 aromatic carbocycles. The summed E-state index contributed by atoms with van der Waals surface area (Å²) in [6.07, 6.45) is 2.61. The van der Waals surface area contributed by atoms with E-state index in [0.717, 1.165) is 0 Å². The Balaban J connectivity index is 2.08. The molecule has 12 heavy (non-hydrogen) atoms. The predicted octanol–water partition coefficient (Wildman–Crippen LogP) is 3.34. The predicted molar refractivity (Wildman–Crippen MR) is 54.1 cm³/mol. The van der Waals surface area contributed by atoms with Gasteiger partial charge in [-0.05, 0) is 24.2 Å². The largest absolute Gasteiger partial charge is 0.151 e. The fourth-order valence-electron chi connectivity index (χ4n) is 1.50. The molecule has 1 aliphatic rings. The standard InChI is InChI=1S/C11H12S/c1-2-5-10(6-3-1)11-7-4-8-12-9-11/h1-3,5-6,11H,4,7-8H2. The van der Waals surface area contributed by atoms with Crippen molar-refractivity contribution in [2.75, 3.05) is 5.75 Å². The minimum absolute atomic E-state index is 0.574. The van der Waals surface area contributed by atoms with Crippen molar-refractivity contribution in [3.63, 3.8) is 0 Å². The summed E-state index contributed by atoms with van der Waals surface area (Å²) in [5.74, 6) is 5.28. The first-order valence-electron chi connectivity index (χ1n) is 4.39. The highest BCUT2D eigenvalue weighted by Gasteiger charge is 2.15. The van der Waals surface area contributed by atoms with Crippen LogP contribution in [0.4, 0.5) is 0 Å². The molecule has 0 aromatic heterocycles. The average Bonchev–Trinajstić information content (AvgIpc) is 2.21. The first-order chi connectivity index (χ1) is 5.97. The molecule has 1 heteroatoms. The van der Waals surface area contributed by atoms with Crippen LogP contribution < -0.4 is 0 Å². The van der Waals surface area contributed by atoms with Gasteiger partial charge in [0.2, 0.25) is 0 Å². The third-order valence-corrected chi connectivity index (χ3v) is 3.11. The Bertz CT molecular complexity index is 224. The summed E-state index contributed by atoms with van der Waals surface area (Å²) < 4.78 is 0. The van der Waals surface area contributed by atoms with E-state index in [4.69, 9.17) is 0 Å². The third-order valence-electron chi connectivity index (χ3n) is 2.17. The van der Waals surface area contributed by atoms with Crippen molar-refractivity contribution in [3.8, 4) is 0 Å². The van der Waals surface area contributed by atoms with Crippen molar-refractivity contribution in [1.29, 1.82) is 0 Å². The highest BCUT2D eigenvalue weighted by Crippen LogP contribution is 2.34. The van der Waals surface area contributed by atoms with E-state index in [-0.39, 0.29) is 0 Å². The van der Waals surface area contributed by atoms with Crippen LogP contribution >= 0.6 is 11.8 Å². The smallest absolute Gasteiger partial charge is 0.0561 e. The zero-order valence-electron chi connectivity index (χ0n) is 6.99. The summed E-state index contributed by atoms with van der Waals surface area (Å²) in [5.41, 5.74) is 1.42. The van der Waals surface area contributed by atoms with E-state index in [1.54, 1.807) is 0 Å². The molecule has 0 amide bonds. The van der Waals surface area contributed by atoms with Crippen molar-refractivity contribution in [2.24, 2.45) is 0 Å². The molecular formula is C11H12S. The van der Waals surface area contributed by atoms with Crippen LogP contribution in [0.5, 0.6) is 0 Å². The van der Waals surface area contributed by atoms with Crippen molar-refractivity contribution >= 4 is 11.8 Å². The molecule has 0 bridgehead atoms. The summed E-state index contributed by atoms with van der Waals surface area (Å²) in [4.78, 5) is 0. The lowest BCUT2D eigenvalue weighted by atomic mass is 9.96. The second kappa shape index (κ2) is 3.99. The monoisotopic (exact) mass is 176 g/mol.